The highest BCUT2D eigenvalue weighted by molar-refractivity contribution is 5.13. The molecule has 0 aromatic carbocycles. The number of nitrogens with zero attached hydrogens (tertiary/aromatic N) is 3. The van der Waals surface area contributed by atoms with Crippen LogP contribution in [0.1, 0.15) is 104 Å². The first kappa shape index (κ1) is 23.7. The second-order valence-corrected chi connectivity index (χ2v) is 13.0. The molecule has 4 aliphatic rings. The first-order chi connectivity index (χ1) is 15.7. The normalized spacial score (nSPS) is 49.1. The third kappa shape index (κ3) is 3.61. The van der Waals surface area contributed by atoms with Crippen LogP contribution in [0.3, 0.4) is 0 Å². The topological polar surface area (TPSA) is 94.9 Å². The van der Waals surface area contributed by atoms with Gasteiger partial charge >= 0.3 is 0 Å². The Morgan fingerprint density at radius 2 is 1.73 bits per heavy atom. The van der Waals surface area contributed by atoms with Crippen molar-refractivity contribution in [3.05, 3.63) is 5.82 Å². The maximum atomic E-state index is 11.9. The van der Waals surface area contributed by atoms with Crippen molar-refractivity contribution in [1.29, 1.82) is 0 Å². The van der Waals surface area contributed by atoms with Crippen LogP contribution >= 0.6 is 0 Å². The fraction of sp³-hybridized carbons (Fsp3) is 0.963. The van der Waals surface area contributed by atoms with Crippen molar-refractivity contribution >= 4 is 0 Å². The highest BCUT2D eigenvalue weighted by Crippen LogP contribution is 2.69. The molecule has 0 aliphatic heterocycles. The van der Waals surface area contributed by atoms with E-state index >= 15 is 0 Å². The summed E-state index contributed by atoms with van der Waals surface area (Å²) in [6, 6.07) is 0. The van der Waals surface area contributed by atoms with Gasteiger partial charge in [0.25, 0.3) is 0 Å². The fourth-order valence-corrected chi connectivity index (χ4v) is 10.1. The summed E-state index contributed by atoms with van der Waals surface area (Å²) >= 11 is 0. The second-order valence-electron chi connectivity index (χ2n) is 13.0. The average Bonchev–Trinajstić information content (AvgIpc) is 3.43. The molecule has 1 heterocycles. The number of tetrazole rings is 1. The molecule has 186 valence electrons. The predicted octanol–water partition coefficient (Wildman–Crippen LogP) is 4.96. The zero-order valence-corrected chi connectivity index (χ0v) is 21.4. The standard InChI is InChI=1S/C27H46N4O2/c1-6-18-22-14-17(32)9-11-27(22,5)21-10-12-26(4)19(7-8-20(26)23(21)24(18)33)15(2)13-16(3)25-28-30-31-29-25/h15-24,32-33H,6-14H2,1-5H3,(H,28,29,30,31)/t15-,16+,17-,18-,19-,20?,21?,22+,23?,24?,26-,27-/m1/s1. The van der Waals surface area contributed by atoms with Gasteiger partial charge in [0.05, 0.1) is 12.2 Å². The average molecular weight is 459 g/mol. The van der Waals surface area contributed by atoms with E-state index < -0.39 is 0 Å². The molecule has 4 unspecified atom stereocenters. The summed E-state index contributed by atoms with van der Waals surface area (Å²) in [5.41, 5.74) is 0.593. The van der Waals surface area contributed by atoms with Crippen LogP contribution in [0.4, 0.5) is 0 Å². The van der Waals surface area contributed by atoms with Crippen molar-refractivity contribution in [1.82, 2.24) is 20.6 Å². The minimum absolute atomic E-state index is 0.173. The van der Waals surface area contributed by atoms with Crippen LogP contribution in [0.2, 0.25) is 0 Å². The van der Waals surface area contributed by atoms with Gasteiger partial charge in [0.15, 0.2) is 5.82 Å². The lowest BCUT2D eigenvalue weighted by Crippen LogP contribution is -2.62. The molecule has 0 saturated heterocycles. The van der Waals surface area contributed by atoms with Crippen LogP contribution in [0.15, 0.2) is 0 Å². The minimum atomic E-state index is -0.208. The van der Waals surface area contributed by atoms with E-state index in [9.17, 15) is 10.2 Å². The van der Waals surface area contributed by atoms with Crippen molar-refractivity contribution in [2.45, 2.75) is 111 Å². The van der Waals surface area contributed by atoms with E-state index in [1.54, 1.807) is 0 Å². The summed E-state index contributed by atoms with van der Waals surface area (Å²) in [5.74, 6) is 4.92. The van der Waals surface area contributed by atoms with E-state index in [2.05, 4.69) is 55.2 Å². The summed E-state index contributed by atoms with van der Waals surface area (Å²) in [4.78, 5) is 0. The summed E-state index contributed by atoms with van der Waals surface area (Å²) in [6.45, 7) is 12.0. The zero-order chi connectivity index (χ0) is 23.5. The van der Waals surface area contributed by atoms with Gasteiger partial charge in [-0.1, -0.05) is 46.3 Å². The number of aliphatic hydroxyl groups is 2. The highest BCUT2D eigenvalue weighted by atomic mass is 16.3. The monoisotopic (exact) mass is 458 g/mol. The Morgan fingerprint density at radius 3 is 2.42 bits per heavy atom. The van der Waals surface area contributed by atoms with Gasteiger partial charge in [-0.3, -0.25) is 0 Å². The number of hydrogen-bond acceptors (Lipinski definition) is 5. The van der Waals surface area contributed by atoms with Gasteiger partial charge < -0.3 is 10.2 Å². The second kappa shape index (κ2) is 8.58. The number of hydrogen-bond donors (Lipinski definition) is 3. The lowest BCUT2D eigenvalue weighted by atomic mass is 9.41. The lowest BCUT2D eigenvalue weighted by Gasteiger charge is -2.64. The molecule has 1 aromatic heterocycles. The molecule has 0 radical (unpaired) electrons. The Balaban J connectivity index is 1.39. The Bertz CT molecular complexity index is 817. The van der Waals surface area contributed by atoms with E-state index in [1.807, 2.05) is 0 Å². The highest BCUT2D eigenvalue weighted by Gasteiger charge is 2.64. The number of aromatic nitrogens is 4. The fourth-order valence-electron chi connectivity index (χ4n) is 10.1. The van der Waals surface area contributed by atoms with Crippen LogP contribution in [0.25, 0.3) is 0 Å². The molecular formula is C27H46N4O2. The molecule has 1 aromatic rings. The van der Waals surface area contributed by atoms with Crippen LogP contribution < -0.4 is 0 Å². The van der Waals surface area contributed by atoms with Gasteiger partial charge in [-0.25, -0.2) is 0 Å². The van der Waals surface area contributed by atoms with E-state index in [1.165, 1.54) is 25.7 Å². The quantitative estimate of drug-likeness (QED) is 0.580. The molecule has 0 bridgehead atoms. The smallest absolute Gasteiger partial charge is 0.177 e. The summed E-state index contributed by atoms with van der Waals surface area (Å²) < 4.78 is 0. The van der Waals surface area contributed by atoms with Crippen molar-refractivity contribution < 1.29 is 10.2 Å². The largest absolute Gasteiger partial charge is 0.393 e. The Morgan fingerprint density at radius 1 is 1.00 bits per heavy atom. The third-order valence-electron chi connectivity index (χ3n) is 11.7. The summed E-state index contributed by atoms with van der Waals surface area (Å²) in [6.07, 6.45) is 9.80. The van der Waals surface area contributed by atoms with Gasteiger partial charge in [-0.2, -0.15) is 5.21 Å². The third-order valence-corrected chi connectivity index (χ3v) is 11.7. The van der Waals surface area contributed by atoms with Crippen LogP contribution in [0, 0.1) is 52.3 Å². The first-order valence-electron chi connectivity index (χ1n) is 13.8. The lowest BCUT2D eigenvalue weighted by molar-refractivity contribution is -0.203. The van der Waals surface area contributed by atoms with E-state index in [0.29, 0.717) is 52.8 Å². The van der Waals surface area contributed by atoms with Gasteiger partial charge in [0, 0.05) is 5.92 Å². The zero-order valence-electron chi connectivity index (χ0n) is 21.4. The molecule has 3 N–H and O–H groups in total. The molecule has 0 amide bonds. The van der Waals surface area contributed by atoms with Gasteiger partial charge in [0.2, 0.25) is 0 Å². The number of aliphatic hydroxyl groups excluding tert-OH is 2. The van der Waals surface area contributed by atoms with Crippen molar-refractivity contribution in [2.24, 2.45) is 52.3 Å². The van der Waals surface area contributed by atoms with Gasteiger partial charge in [-0.05, 0) is 104 Å². The van der Waals surface area contributed by atoms with E-state index in [4.69, 9.17) is 0 Å². The molecule has 6 nitrogen and oxygen atoms in total. The number of H-pyrrole nitrogens is 1. The SMILES string of the molecule is CC[C@H]1C(O)C2C3CC[C@H]([C@H](C)C[C@H](C)c4nn[nH]n4)[C@@]3(C)CCC2[C@@]2(C)CC[C@@H](O)C[C@@H]12. The molecular weight excluding hydrogens is 412 g/mol. The number of rotatable bonds is 5. The molecule has 4 aliphatic carbocycles. The Labute approximate surface area is 199 Å². The van der Waals surface area contributed by atoms with Gasteiger partial charge in [0.1, 0.15) is 0 Å². The molecule has 0 spiro atoms. The predicted molar refractivity (Wildman–Crippen MR) is 128 cm³/mol. The van der Waals surface area contributed by atoms with E-state index in [0.717, 1.165) is 37.9 Å². The summed E-state index contributed by atoms with van der Waals surface area (Å²) in [5, 5.41) is 37.2. The first-order valence-corrected chi connectivity index (χ1v) is 13.8. The Hall–Kier alpha value is -1.01. The van der Waals surface area contributed by atoms with Crippen LogP contribution in [0.5, 0.6) is 0 Å². The van der Waals surface area contributed by atoms with Gasteiger partial charge in [-0.15, -0.1) is 10.2 Å². The molecule has 33 heavy (non-hydrogen) atoms. The molecule has 6 heteroatoms. The number of nitrogens with one attached hydrogen (secondary N) is 1. The van der Waals surface area contributed by atoms with Crippen molar-refractivity contribution in [3.63, 3.8) is 0 Å². The van der Waals surface area contributed by atoms with Crippen LogP contribution in [-0.2, 0) is 0 Å². The molecule has 12 atom stereocenters. The molecule has 5 rings (SSSR count). The number of fused-ring (bicyclic) bond motifs is 5. The Kier molecular flexibility index (Phi) is 6.17. The maximum Gasteiger partial charge on any atom is 0.177 e. The van der Waals surface area contributed by atoms with E-state index in [-0.39, 0.29) is 17.6 Å². The maximum absolute atomic E-state index is 11.9. The van der Waals surface area contributed by atoms with Crippen molar-refractivity contribution in [3.8, 4) is 0 Å². The number of aromatic amines is 1. The minimum Gasteiger partial charge on any atom is -0.393 e. The molecule has 4 fully saturated rings. The van der Waals surface area contributed by atoms with Crippen LogP contribution in [-0.4, -0.2) is 43.0 Å². The molecule has 4 saturated carbocycles. The van der Waals surface area contributed by atoms with Crippen molar-refractivity contribution in [2.75, 3.05) is 0 Å². The summed E-state index contributed by atoms with van der Waals surface area (Å²) in [7, 11) is 0.